The number of rotatable bonds is 11. The zero-order valence-corrected chi connectivity index (χ0v) is 24.7. The molecule has 1 saturated carbocycles. The second-order valence-electron chi connectivity index (χ2n) is 11.7. The van der Waals surface area contributed by atoms with Gasteiger partial charge in [0.2, 0.25) is 17.6 Å². The first-order valence-corrected chi connectivity index (χ1v) is 15.4. The fourth-order valence-corrected chi connectivity index (χ4v) is 6.29. The average Bonchev–Trinajstić information content (AvgIpc) is 3.69. The van der Waals surface area contributed by atoms with E-state index < -0.39 is 6.04 Å². The van der Waals surface area contributed by atoms with Gasteiger partial charge in [0.05, 0.1) is 6.04 Å². The molecule has 2 aliphatic rings. The minimum absolute atomic E-state index is 0.0200. The van der Waals surface area contributed by atoms with Crippen molar-refractivity contribution in [2.75, 3.05) is 26.7 Å². The van der Waals surface area contributed by atoms with Crippen LogP contribution < -0.4 is 10.6 Å². The lowest BCUT2D eigenvalue weighted by Crippen LogP contribution is -2.57. The summed E-state index contributed by atoms with van der Waals surface area (Å²) >= 11 is 0. The lowest BCUT2D eigenvalue weighted by Gasteiger charge is -2.37. The van der Waals surface area contributed by atoms with Gasteiger partial charge >= 0.3 is 0 Å². The number of benzene rings is 1. The van der Waals surface area contributed by atoms with Crippen LogP contribution in [0.3, 0.4) is 0 Å². The molecule has 3 amide bonds. The molecule has 0 bridgehead atoms. The first kappa shape index (κ1) is 29.7. The molecule has 2 N–H and O–H groups in total. The second-order valence-corrected chi connectivity index (χ2v) is 11.7. The van der Waals surface area contributed by atoms with Crippen LogP contribution in [0, 0.1) is 5.92 Å². The van der Waals surface area contributed by atoms with Crippen molar-refractivity contribution in [1.82, 2.24) is 34.8 Å². The molecule has 0 radical (unpaired) electrons. The number of likely N-dealkylation sites (N-methyl/N-ethyl adjacent to an activating group) is 1. The first-order valence-electron chi connectivity index (χ1n) is 15.4. The molecule has 1 saturated heterocycles. The summed E-state index contributed by atoms with van der Waals surface area (Å²) in [7, 11) is 1.75. The average molecular weight is 574 g/mol. The van der Waals surface area contributed by atoms with Crippen molar-refractivity contribution in [3.63, 3.8) is 0 Å². The number of likely N-dealkylation sites (tertiary alicyclic amines) is 1. The SMILES string of the molecule is CN[C@@H](C)C(=O)N[C@H](C(=O)N1CCC[C@H]1CN(CCc1ccccc1)C(=O)c1cn2cccnc2n1)C1CCCCC1. The molecule has 42 heavy (non-hydrogen) atoms. The van der Waals surface area contributed by atoms with Gasteiger partial charge in [-0.25, -0.2) is 9.97 Å². The fourth-order valence-electron chi connectivity index (χ4n) is 6.29. The monoisotopic (exact) mass is 573 g/mol. The summed E-state index contributed by atoms with van der Waals surface area (Å²) in [5, 5.41) is 6.09. The van der Waals surface area contributed by atoms with E-state index in [9.17, 15) is 14.4 Å². The van der Waals surface area contributed by atoms with Crippen LogP contribution in [0.1, 0.15) is 67.9 Å². The third-order valence-corrected chi connectivity index (χ3v) is 8.86. The van der Waals surface area contributed by atoms with Gasteiger partial charge in [-0.3, -0.25) is 18.8 Å². The van der Waals surface area contributed by atoms with Crippen LogP contribution in [-0.2, 0) is 16.0 Å². The predicted octanol–water partition coefficient (Wildman–Crippen LogP) is 3.08. The molecular weight excluding hydrogens is 530 g/mol. The molecule has 224 valence electrons. The van der Waals surface area contributed by atoms with E-state index in [0.29, 0.717) is 37.5 Å². The Morgan fingerprint density at radius 3 is 2.57 bits per heavy atom. The lowest BCUT2D eigenvalue weighted by atomic mass is 9.83. The summed E-state index contributed by atoms with van der Waals surface area (Å²) in [6, 6.07) is 10.9. The van der Waals surface area contributed by atoms with Crippen LogP contribution in [0.15, 0.2) is 55.0 Å². The van der Waals surface area contributed by atoms with Gasteiger partial charge in [-0.15, -0.1) is 0 Å². The highest BCUT2D eigenvalue weighted by Crippen LogP contribution is 2.30. The Labute approximate surface area is 247 Å². The molecule has 0 unspecified atom stereocenters. The van der Waals surface area contributed by atoms with E-state index >= 15 is 0 Å². The number of imidazole rings is 1. The van der Waals surface area contributed by atoms with Gasteiger partial charge in [0, 0.05) is 44.3 Å². The summed E-state index contributed by atoms with van der Waals surface area (Å²) in [5.41, 5.74) is 1.48. The molecule has 5 rings (SSSR count). The molecule has 1 aliphatic carbocycles. The number of fused-ring (bicyclic) bond motifs is 1. The zero-order chi connectivity index (χ0) is 29.5. The normalized spacial score (nSPS) is 19.0. The number of nitrogens with zero attached hydrogens (tertiary/aromatic N) is 5. The number of aromatic nitrogens is 3. The van der Waals surface area contributed by atoms with Crippen LogP contribution in [0.4, 0.5) is 0 Å². The van der Waals surface area contributed by atoms with Gasteiger partial charge < -0.3 is 20.4 Å². The number of hydrogen-bond donors (Lipinski definition) is 2. The highest BCUT2D eigenvalue weighted by atomic mass is 16.2. The topological polar surface area (TPSA) is 112 Å². The molecule has 3 aromatic rings. The Balaban J connectivity index is 1.36. The van der Waals surface area contributed by atoms with Crippen molar-refractivity contribution >= 4 is 23.5 Å². The van der Waals surface area contributed by atoms with Crippen LogP contribution in [0.25, 0.3) is 5.78 Å². The fraction of sp³-hybridized carbons (Fsp3) is 0.531. The summed E-state index contributed by atoms with van der Waals surface area (Å²) in [5.74, 6) is 0.256. The first-order chi connectivity index (χ1) is 20.4. The molecule has 3 atom stereocenters. The summed E-state index contributed by atoms with van der Waals surface area (Å²) in [6.45, 7) is 3.35. The molecule has 3 heterocycles. The van der Waals surface area contributed by atoms with E-state index in [4.69, 9.17) is 0 Å². The second kappa shape index (κ2) is 13.9. The Hall–Kier alpha value is -3.79. The third-order valence-electron chi connectivity index (χ3n) is 8.86. The highest BCUT2D eigenvalue weighted by molar-refractivity contribution is 5.93. The molecule has 10 nitrogen and oxygen atoms in total. The minimum Gasteiger partial charge on any atom is -0.343 e. The maximum absolute atomic E-state index is 14.2. The van der Waals surface area contributed by atoms with Crippen molar-refractivity contribution < 1.29 is 14.4 Å². The van der Waals surface area contributed by atoms with Crippen molar-refractivity contribution in [3.8, 4) is 0 Å². The van der Waals surface area contributed by atoms with E-state index in [2.05, 4.69) is 32.7 Å². The van der Waals surface area contributed by atoms with E-state index in [1.807, 2.05) is 41.1 Å². The largest absolute Gasteiger partial charge is 0.343 e. The third kappa shape index (κ3) is 6.98. The van der Waals surface area contributed by atoms with Gasteiger partial charge in [-0.2, -0.15) is 0 Å². The van der Waals surface area contributed by atoms with E-state index in [-0.39, 0.29) is 35.7 Å². The summed E-state index contributed by atoms with van der Waals surface area (Å²) < 4.78 is 1.75. The van der Waals surface area contributed by atoms with Crippen LogP contribution in [-0.4, -0.2) is 86.7 Å². The number of carbonyl (C=O) groups is 3. The number of amides is 3. The number of nitrogens with one attached hydrogen (secondary N) is 2. The highest BCUT2D eigenvalue weighted by Gasteiger charge is 2.39. The summed E-state index contributed by atoms with van der Waals surface area (Å²) in [6.07, 6.45) is 12.8. The van der Waals surface area contributed by atoms with E-state index in [0.717, 1.165) is 44.1 Å². The van der Waals surface area contributed by atoms with Crippen LogP contribution in [0.2, 0.25) is 0 Å². The molecule has 2 aromatic heterocycles. The zero-order valence-electron chi connectivity index (χ0n) is 24.7. The Kier molecular flexibility index (Phi) is 9.84. The quantitative estimate of drug-likeness (QED) is 0.365. The maximum atomic E-state index is 14.2. The van der Waals surface area contributed by atoms with Gasteiger partial charge in [0.25, 0.3) is 5.91 Å². The van der Waals surface area contributed by atoms with Gasteiger partial charge in [0.15, 0.2) is 0 Å². The van der Waals surface area contributed by atoms with E-state index in [1.165, 1.54) is 6.42 Å². The Morgan fingerprint density at radius 1 is 1.05 bits per heavy atom. The Morgan fingerprint density at radius 2 is 1.83 bits per heavy atom. The van der Waals surface area contributed by atoms with Gasteiger partial charge in [-0.1, -0.05) is 49.6 Å². The maximum Gasteiger partial charge on any atom is 0.274 e. The lowest BCUT2D eigenvalue weighted by molar-refractivity contribution is -0.139. The Bertz CT molecular complexity index is 1320. The molecular formula is C32H43N7O3. The van der Waals surface area contributed by atoms with Crippen molar-refractivity contribution in [3.05, 3.63) is 66.2 Å². The molecule has 10 heteroatoms. The minimum atomic E-state index is -0.549. The van der Waals surface area contributed by atoms with E-state index in [1.54, 1.807) is 29.9 Å². The number of carbonyl (C=O) groups excluding carboxylic acids is 3. The molecule has 1 aromatic carbocycles. The van der Waals surface area contributed by atoms with Crippen molar-refractivity contribution in [2.45, 2.75) is 76.4 Å². The predicted molar refractivity (Wildman–Crippen MR) is 161 cm³/mol. The molecule has 0 spiro atoms. The smallest absolute Gasteiger partial charge is 0.274 e. The van der Waals surface area contributed by atoms with Crippen LogP contribution in [0.5, 0.6) is 0 Å². The molecule has 2 fully saturated rings. The number of hydrogen-bond acceptors (Lipinski definition) is 6. The van der Waals surface area contributed by atoms with Gasteiger partial charge in [-0.05, 0) is 63.6 Å². The summed E-state index contributed by atoms with van der Waals surface area (Å²) in [4.78, 5) is 53.5. The van der Waals surface area contributed by atoms with Gasteiger partial charge in [0.1, 0.15) is 11.7 Å². The molecule has 1 aliphatic heterocycles. The standard InChI is InChI=1S/C32H43N7O3/c1-23(33-2)29(40)36-28(25-13-7-4-8-14-25)31(42)39-19-9-15-26(39)21-37(20-16-24-11-5-3-6-12-24)30(41)27-22-38-18-10-17-34-32(38)35-27/h3,5-6,10-12,17-18,22-23,25-26,28,33H,4,7-9,13-16,19-21H2,1-2H3,(H,36,40)/t23-,26-,28-/m0/s1. The van der Waals surface area contributed by atoms with Crippen LogP contribution >= 0.6 is 0 Å². The van der Waals surface area contributed by atoms with Crippen molar-refractivity contribution in [1.29, 1.82) is 0 Å². The van der Waals surface area contributed by atoms with Crippen molar-refractivity contribution in [2.24, 2.45) is 5.92 Å².